The van der Waals surface area contributed by atoms with Crippen molar-refractivity contribution in [2.75, 3.05) is 12.9 Å². The van der Waals surface area contributed by atoms with Crippen molar-refractivity contribution in [1.29, 1.82) is 0 Å². The first kappa shape index (κ1) is 11.8. The average Bonchev–Trinajstić information content (AvgIpc) is 2.77. The highest BCUT2D eigenvalue weighted by molar-refractivity contribution is 7.99. The van der Waals surface area contributed by atoms with Gasteiger partial charge in [0, 0.05) is 11.8 Å². The summed E-state index contributed by atoms with van der Waals surface area (Å²) >= 11 is 2.00. The summed E-state index contributed by atoms with van der Waals surface area (Å²) in [6.07, 6.45) is 1.21. The molecule has 88 valence electrons. The molecule has 0 bridgehead atoms. The number of hydrogen-bond acceptors (Lipinski definition) is 3. The first-order valence-electron chi connectivity index (χ1n) is 5.76. The van der Waals surface area contributed by atoms with E-state index in [0.29, 0.717) is 11.4 Å². The Morgan fingerprint density at radius 3 is 2.88 bits per heavy atom. The monoisotopic (exact) mass is 237 g/mol. The van der Waals surface area contributed by atoms with Crippen LogP contribution < -0.4 is 10.1 Å². The lowest BCUT2D eigenvalue weighted by molar-refractivity contribution is 0.411. The molecule has 0 spiro atoms. The van der Waals surface area contributed by atoms with Crippen molar-refractivity contribution in [1.82, 2.24) is 5.32 Å². The lowest BCUT2D eigenvalue weighted by Gasteiger charge is -2.14. The Kier molecular flexibility index (Phi) is 3.77. The van der Waals surface area contributed by atoms with E-state index in [0.717, 1.165) is 5.75 Å². The van der Waals surface area contributed by atoms with Gasteiger partial charge >= 0.3 is 0 Å². The van der Waals surface area contributed by atoms with Crippen molar-refractivity contribution < 1.29 is 4.74 Å². The lowest BCUT2D eigenvalue weighted by Crippen LogP contribution is -2.24. The van der Waals surface area contributed by atoms with E-state index in [9.17, 15) is 0 Å². The molecule has 0 radical (unpaired) electrons. The molecule has 2 rings (SSSR count). The summed E-state index contributed by atoms with van der Waals surface area (Å²) in [6.45, 7) is 4.33. The Balaban J connectivity index is 2.13. The summed E-state index contributed by atoms with van der Waals surface area (Å²) in [4.78, 5) is 0. The van der Waals surface area contributed by atoms with Crippen molar-refractivity contribution >= 4 is 11.8 Å². The van der Waals surface area contributed by atoms with Crippen molar-refractivity contribution in [3.63, 3.8) is 0 Å². The molecule has 1 aromatic carbocycles. The van der Waals surface area contributed by atoms with Gasteiger partial charge in [0.1, 0.15) is 5.75 Å². The first-order valence-corrected chi connectivity index (χ1v) is 6.81. The largest absolute Gasteiger partial charge is 0.496 e. The van der Waals surface area contributed by atoms with Crippen LogP contribution >= 0.6 is 11.8 Å². The molecule has 0 aliphatic carbocycles. The molecule has 1 fully saturated rings. The summed E-state index contributed by atoms with van der Waals surface area (Å²) in [6, 6.07) is 7.11. The fraction of sp³-hybridized carbons (Fsp3) is 0.538. The van der Waals surface area contributed by atoms with Crippen LogP contribution in [-0.2, 0) is 0 Å². The van der Waals surface area contributed by atoms with Crippen molar-refractivity contribution in [2.24, 2.45) is 0 Å². The molecule has 2 unspecified atom stereocenters. The van der Waals surface area contributed by atoms with E-state index < -0.39 is 0 Å². The van der Waals surface area contributed by atoms with Gasteiger partial charge in [0.25, 0.3) is 0 Å². The smallest absolute Gasteiger partial charge is 0.121 e. The Morgan fingerprint density at radius 1 is 1.50 bits per heavy atom. The third-order valence-corrected chi connectivity index (χ3v) is 4.40. The van der Waals surface area contributed by atoms with E-state index in [2.05, 4.69) is 37.4 Å². The number of methoxy groups -OCH3 is 1. The fourth-order valence-electron chi connectivity index (χ4n) is 2.02. The van der Waals surface area contributed by atoms with Gasteiger partial charge in [-0.25, -0.2) is 0 Å². The van der Waals surface area contributed by atoms with Crippen LogP contribution in [0.1, 0.15) is 29.8 Å². The van der Waals surface area contributed by atoms with Gasteiger partial charge < -0.3 is 4.74 Å². The maximum absolute atomic E-state index is 5.28. The van der Waals surface area contributed by atoms with Gasteiger partial charge in [0.15, 0.2) is 0 Å². The van der Waals surface area contributed by atoms with E-state index in [-0.39, 0.29) is 0 Å². The first-order chi connectivity index (χ1) is 7.74. The Hall–Kier alpha value is -0.670. The SMILES string of the molecule is CCC1CSC(c2ccc(OC)c(C)c2)N1. The zero-order valence-electron chi connectivity index (χ0n) is 10.1. The van der Waals surface area contributed by atoms with E-state index in [1.165, 1.54) is 23.3 Å². The summed E-state index contributed by atoms with van der Waals surface area (Å²) in [5.74, 6) is 2.19. The predicted octanol–water partition coefficient (Wildman–Crippen LogP) is 3.12. The highest BCUT2D eigenvalue weighted by atomic mass is 32.2. The molecular weight excluding hydrogens is 218 g/mol. The average molecular weight is 237 g/mol. The van der Waals surface area contributed by atoms with Crippen LogP contribution in [0.3, 0.4) is 0 Å². The summed E-state index contributed by atoms with van der Waals surface area (Å²) in [5.41, 5.74) is 2.57. The number of aryl methyl sites for hydroxylation is 1. The number of nitrogens with one attached hydrogen (secondary N) is 1. The second-order valence-electron chi connectivity index (χ2n) is 4.21. The summed E-state index contributed by atoms with van der Waals surface area (Å²) in [5, 5.41) is 4.10. The standard InChI is InChI=1S/C13H19NOS/c1-4-11-8-16-13(14-11)10-5-6-12(15-3)9(2)7-10/h5-7,11,13-14H,4,8H2,1-3H3. The van der Waals surface area contributed by atoms with E-state index in [4.69, 9.17) is 4.74 Å². The molecule has 1 aliphatic heterocycles. The highest BCUT2D eigenvalue weighted by Crippen LogP contribution is 2.35. The van der Waals surface area contributed by atoms with Gasteiger partial charge in [-0.1, -0.05) is 13.0 Å². The van der Waals surface area contributed by atoms with E-state index >= 15 is 0 Å². The highest BCUT2D eigenvalue weighted by Gasteiger charge is 2.24. The van der Waals surface area contributed by atoms with Crippen LogP contribution in [0, 0.1) is 6.92 Å². The van der Waals surface area contributed by atoms with Crippen LogP contribution in [0.2, 0.25) is 0 Å². The Labute approximate surface area is 102 Å². The molecule has 1 aromatic rings. The molecule has 3 heteroatoms. The second-order valence-corrected chi connectivity index (χ2v) is 5.35. The zero-order chi connectivity index (χ0) is 11.5. The third-order valence-electron chi connectivity index (χ3n) is 3.07. The molecule has 1 N–H and O–H groups in total. The maximum Gasteiger partial charge on any atom is 0.121 e. The quantitative estimate of drug-likeness (QED) is 0.872. The van der Waals surface area contributed by atoms with Gasteiger partial charge in [-0.05, 0) is 36.6 Å². The molecule has 0 amide bonds. The van der Waals surface area contributed by atoms with Gasteiger partial charge in [0.05, 0.1) is 12.5 Å². The molecule has 2 nitrogen and oxygen atoms in total. The number of hydrogen-bond donors (Lipinski definition) is 1. The van der Waals surface area contributed by atoms with Gasteiger partial charge in [-0.15, -0.1) is 11.8 Å². The van der Waals surface area contributed by atoms with E-state index in [1.807, 2.05) is 11.8 Å². The fourth-order valence-corrected chi connectivity index (χ4v) is 3.40. The van der Waals surface area contributed by atoms with Crippen LogP contribution in [0.5, 0.6) is 5.75 Å². The van der Waals surface area contributed by atoms with Crippen LogP contribution in [0.4, 0.5) is 0 Å². The topological polar surface area (TPSA) is 21.3 Å². The Morgan fingerprint density at radius 2 is 2.31 bits per heavy atom. The minimum Gasteiger partial charge on any atom is -0.496 e. The summed E-state index contributed by atoms with van der Waals surface area (Å²) in [7, 11) is 1.72. The van der Waals surface area contributed by atoms with Crippen LogP contribution in [0.25, 0.3) is 0 Å². The minimum atomic E-state index is 0.453. The third kappa shape index (κ3) is 2.36. The summed E-state index contributed by atoms with van der Waals surface area (Å²) < 4.78 is 5.28. The normalized spacial score (nSPS) is 24.7. The second kappa shape index (κ2) is 5.11. The molecule has 1 aliphatic rings. The van der Waals surface area contributed by atoms with Gasteiger partial charge in [-0.3, -0.25) is 5.32 Å². The van der Waals surface area contributed by atoms with E-state index in [1.54, 1.807) is 7.11 Å². The Bertz CT molecular complexity index is 367. The minimum absolute atomic E-state index is 0.453. The van der Waals surface area contributed by atoms with Crippen molar-refractivity contribution in [3.8, 4) is 5.75 Å². The number of thioether (sulfide) groups is 1. The van der Waals surface area contributed by atoms with Crippen molar-refractivity contribution in [2.45, 2.75) is 31.7 Å². The molecule has 2 atom stereocenters. The predicted molar refractivity (Wildman–Crippen MR) is 70.1 cm³/mol. The molecule has 1 heterocycles. The zero-order valence-corrected chi connectivity index (χ0v) is 10.9. The van der Waals surface area contributed by atoms with Crippen LogP contribution in [0.15, 0.2) is 18.2 Å². The van der Waals surface area contributed by atoms with Gasteiger partial charge in [-0.2, -0.15) is 0 Å². The van der Waals surface area contributed by atoms with Gasteiger partial charge in [0.2, 0.25) is 0 Å². The molecule has 16 heavy (non-hydrogen) atoms. The van der Waals surface area contributed by atoms with Crippen molar-refractivity contribution in [3.05, 3.63) is 29.3 Å². The number of benzene rings is 1. The van der Waals surface area contributed by atoms with Crippen LogP contribution in [-0.4, -0.2) is 18.9 Å². The lowest BCUT2D eigenvalue weighted by atomic mass is 10.1. The molecule has 1 saturated heterocycles. The molecule has 0 saturated carbocycles. The number of ether oxygens (including phenoxy) is 1. The molecule has 0 aromatic heterocycles. The maximum atomic E-state index is 5.28. The molecular formula is C13H19NOS. The number of rotatable bonds is 3.